The molecule has 0 saturated heterocycles. The molecule has 1 N–H and O–H groups in total. The second-order valence-corrected chi connectivity index (χ2v) is 2.40. The van der Waals surface area contributed by atoms with Crippen molar-refractivity contribution in [3.05, 3.63) is 5.01 Å². The van der Waals surface area contributed by atoms with E-state index in [4.69, 9.17) is 5.11 Å². The van der Waals surface area contributed by atoms with Crippen molar-refractivity contribution < 1.29 is 5.11 Å². The largest absolute Gasteiger partial charge is 0.396 e. The van der Waals surface area contributed by atoms with Gasteiger partial charge in [0.25, 0.3) is 0 Å². The molecular formula is C4H7N3OS. The summed E-state index contributed by atoms with van der Waals surface area (Å²) in [7, 11) is 0. The summed E-state index contributed by atoms with van der Waals surface area (Å²) in [5, 5.41) is 16.4. The molecular weight excluding hydrogens is 138 g/mol. The molecule has 0 radical (unpaired) electrons. The molecule has 1 aromatic rings. The highest BCUT2D eigenvalue weighted by Gasteiger charge is 1.94. The summed E-state index contributed by atoms with van der Waals surface area (Å²) in [6.07, 6.45) is 1.53. The molecule has 0 aromatic carbocycles. The fourth-order valence-corrected chi connectivity index (χ4v) is 0.954. The van der Waals surface area contributed by atoms with E-state index in [0.717, 1.165) is 17.8 Å². The molecule has 50 valence electrons. The Kier molecular flexibility index (Phi) is 2.53. The normalized spacial score (nSPS) is 9.89. The minimum absolute atomic E-state index is 0.208. The number of aliphatic hydroxyl groups excluding tert-OH is 1. The van der Waals surface area contributed by atoms with Crippen LogP contribution in [0.1, 0.15) is 11.4 Å². The predicted molar refractivity (Wildman–Crippen MR) is 33.1 cm³/mol. The second kappa shape index (κ2) is 3.47. The first kappa shape index (κ1) is 6.57. The van der Waals surface area contributed by atoms with Gasteiger partial charge in [-0.15, -0.1) is 5.10 Å². The first-order chi connectivity index (χ1) is 4.43. The van der Waals surface area contributed by atoms with Crippen molar-refractivity contribution in [2.24, 2.45) is 0 Å². The average molecular weight is 145 g/mol. The molecule has 0 bridgehead atoms. The van der Waals surface area contributed by atoms with Crippen LogP contribution in [0, 0.1) is 0 Å². The van der Waals surface area contributed by atoms with Crippen molar-refractivity contribution in [3.63, 3.8) is 0 Å². The Labute approximate surface area is 56.7 Å². The molecule has 0 spiro atoms. The third-order valence-electron chi connectivity index (χ3n) is 0.888. The van der Waals surface area contributed by atoms with Crippen molar-refractivity contribution >= 4 is 11.5 Å². The molecule has 0 aliphatic rings. The SMILES string of the molecule is OCCCc1nnns1. The van der Waals surface area contributed by atoms with E-state index in [1.165, 1.54) is 11.5 Å². The first-order valence-electron chi connectivity index (χ1n) is 2.68. The minimum Gasteiger partial charge on any atom is -0.396 e. The minimum atomic E-state index is 0.208. The molecule has 0 saturated carbocycles. The summed E-state index contributed by atoms with van der Waals surface area (Å²) in [5.74, 6) is 0. The van der Waals surface area contributed by atoms with Gasteiger partial charge in [0.05, 0.1) is 0 Å². The molecule has 1 heterocycles. The van der Waals surface area contributed by atoms with Gasteiger partial charge in [-0.1, -0.05) is 4.49 Å². The lowest BCUT2D eigenvalue weighted by Gasteiger charge is -1.86. The monoisotopic (exact) mass is 145 g/mol. The Hall–Kier alpha value is -0.550. The number of aryl methyl sites for hydroxylation is 1. The van der Waals surface area contributed by atoms with E-state index in [0.29, 0.717) is 0 Å². The standard InChI is InChI=1S/C4H7N3OS/c8-3-1-2-4-5-6-7-9-4/h8H,1-3H2. The van der Waals surface area contributed by atoms with Crippen molar-refractivity contribution in [1.29, 1.82) is 0 Å². The van der Waals surface area contributed by atoms with E-state index in [1.807, 2.05) is 0 Å². The van der Waals surface area contributed by atoms with Gasteiger partial charge in [0.15, 0.2) is 0 Å². The zero-order valence-corrected chi connectivity index (χ0v) is 5.63. The summed E-state index contributed by atoms with van der Waals surface area (Å²) >= 11 is 1.28. The lowest BCUT2D eigenvalue weighted by molar-refractivity contribution is 0.288. The van der Waals surface area contributed by atoms with Gasteiger partial charge < -0.3 is 5.11 Å². The number of hydrogen-bond donors (Lipinski definition) is 1. The fraction of sp³-hybridized carbons (Fsp3) is 0.750. The zero-order chi connectivity index (χ0) is 6.53. The van der Waals surface area contributed by atoms with E-state index in [1.54, 1.807) is 0 Å². The molecule has 0 unspecified atom stereocenters. The Bertz CT molecular complexity index is 153. The number of hydrogen-bond acceptors (Lipinski definition) is 5. The van der Waals surface area contributed by atoms with Crippen LogP contribution in [-0.2, 0) is 6.42 Å². The second-order valence-electron chi connectivity index (χ2n) is 1.58. The Morgan fingerprint density at radius 1 is 1.56 bits per heavy atom. The van der Waals surface area contributed by atoms with E-state index in [9.17, 15) is 0 Å². The van der Waals surface area contributed by atoms with Crippen molar-refractivity contribution in [2.75, 3.05) is 6.61 Å². The van der Waals surface area contributed by atoms with Gasteiger partial charge in [0.2, 0.25) is 0 Å². The topological polar surface area (TPSA) is 58.9 Å². The predicted octanol–water partition coefficient (Wildman–Crippen LogP) is -0.142. The van der Waals surface area contributed by atoms with Crippen LogP contribution in [0.15, 0.2) is 0 Å². The molecule has 0 atom stereocenters. The van der Waals surface area contributed by atoms with E-state index < -0.39 is 0 Å². The Balaban J connectivity index is 2.30. The van der Waals surface area contributed by atoms with Gasteiger partial charge in [-0.05, 0) is 11.6 Å². The molecule has 1 aromatic heterocycles. The van der Waals surface area contributed by atoms with Crippen molar-refractivity contribution in [2.45, 2.75) is 12.8 Å². The van der Waals surface area contributed by atoms with E-state index in [-0.39, 0.29) is 6.61 Å². The van der Waals surface area contributed by atoms with Crippen molar-refractivity contribution in [3.8, 4) is 0 Å². The summed E-state index contributed by atoms with van der Waals surface area (Å²) in [6, 6.07) is 0. The number of aromatic nitrogens is 3. The summed E-state index contributed by atoms with van der Waals surface area (Å²) in [4.78, 5) is 0. The van der Waals surface area contributed by atoms with Crippen LogP contribution >= 0.6 is 11.5 Å². The number of aliphatic hydroxyl groups is 1. The Morgan fingerprint density at radius 2 is 2.44 bits per heavy atom. The molecule has 0 fully saturated rings. The van der Waals surface area contributed by atoms with Crippen LogP contribution in [0.5, 0.6) is 0 Å². The maximum absolute atomic E-state index is 8.40. The van der Waals surface area contributed by atoms with E-state index in [2.05, 4.69) is 14.8 Å². The van der Waals surface area contributed by atoms with Gasteiger partial charge in [-0.25, -0.2) is 0 Å². The molecule has 0 aliphatic heterocycles. The highest BCUT2D eigenvalue weighted by molar-refractivity contribution is 7.05. The van der Waals surface area contributed by atoms with Crippen LogP contribution < -0.4 is 0 Å². The van der Waals surface area contributed by atoms with E-state index >= 15 is 0 Å². The van der Waals surface area contributed by atoms with Crippen molar-refractivity contribution in [1.82, 2.24) is 14.8 Å². The highest BCUT2D eigenvalue weighted by Crippen LogP contribution is 1.99. The third-order valence-corrected chi connectivity index (χ3v) is 1.54. The average Bonchev–Trinajstić information content (AvgIpc) is 2.34. The van der Waals surface area contributed by atoms with Gasteiger partial charge in [-0.2, -0.15) is 0 Å². The maximum Gasteiger partial charge on any atom is 0.138 e. The quantitative estimate of drug-likeness (QED) is 0.643. The van der Waals surface area contributed by atoms with Gasteiger partial charge in [0, 0.05) is 24.6 Å². The lowest BCUT2D eigenvalue weighted by Crippen LogP contribution is -1.87. The number of rotatable bonds is 3. The first-order valence-corrected chi connectivity index (χ1v) is 3.45. The lowest BCUT2D eigenvalue weighted by atomic mass is 10.3. The van der Waals surface area contributed by atoms with Crippen LogP contribution in [0.2, 0.25) is 0 Å². The maximum atomic E-state index is 8.40. The third kappa shape index (κ3) is 2.03. The van der Waals surface area contributed by atoms with Crippen LogP contribution in [0.25, 0.3) is 0 Å². The van der Waals surface area contributed by atoms with Gasteiger partial charge in [-0.3, -0.25) is 0 Å². The van der Waals surface area contributed by atoms with Crippen LogP contribution in [0.4, 0.5) is 0 Å². The van der Waals surface area contributed by atoms with Crippen LogP contribution in [-0.4, -0.2) is 26.5 Å². The molecule has 0 aliphatic carbocycles. The summed E-state index contributed by atoms with van der Waals surface area (Å²) < 4.78 is 3.57. The highest BCUT2D eigenvalue weighted by atomic mass is 32.1. The molecule has 5 heteroatoms. The number of nitrogens with zero attached hydrogens (tertiary/aromatic N) is 3. The fourth-order valence-electron chi connectivity index (χ4n) is 0.478. The van der Waals surface area contributed by atoms with Crippen LogP contribution in [0.3, 0.4) is 0 Å². The molecule has 9 heavy (non-hydrogen) atoms. The Morgan fingerprint density at radius 3 is 3.00 bits per heavy atom. The summed E-state index contributed by atoms with van der Waals surface area (Å²) in [6.45, 7) is 0.208. The van der Waals surface area contributed by atoms with Gasteiger partial charge >= 0.3 is 0 Å². The van der Waals surface area contributed by atoms with Gasteiger partial charge in [0.1, 0.15) is 5.01 Å². The zero-order valence-electron chi connectivity index (χ0n) is 4.82. The molecule has 0 amide bonds. The summed E-state index contributed by atoms with van der Waals surface area (Å²) in [5.41, 5.74) is 0. The smallest absolute Gasteiger partial charge is 0.138 e. The molecule has 4 nitrogen and oxygen atoms in total. The molecule has 1 rings (SSSR count).